The minimum absolute atomic E-state index is 0.183. The first-order valence-electron chi connectivity index (χ1n) is 4.19. The molecule has 0 saturated carbocycles. The number of nitrogens with zero attached hydrogens (tertiary/aromatic N) is 3. The second-order valence-electron chi connectivity index (χ2n) is 3.20. The van der Waals surface area contributed by atoms with Crippen molar-refractivity contribution in [3.05, 3.63) is 11.3 Å². The van der Waals surface area contributed by atoms with Crippen LogP contribution in [-0.4, -0.2) is 17.0 Å². The first kappa shape index (κ1) is 8.61. The molecule has 5 N–H and O–H groups in total. The summed E-state index contributed by atoms with van der Waals surface area (Å²) in [5, 5.41) is 1.76. The highest BCUT2D eigenvalue weighted by Gasteiger charge is 2.17. The summed E-state index contributed by atoms with van der Waals surface area (Å²) in [5.74, 6) is 1.28. The van der Waals surface area contributed by atoms with Gasteiger partial charge >= 0.3 is 0 Å². The molecule has 6 heteroatoms. The second kappa shape index (κ2) is 2.76. The van der Waals surface area contributed by atoms with Gasteiger partial charge < -0.3 is 16.9 Å². The van der Waals surface area contributed by atoms with Crippen molar-refractivity contribution in [3.8, 4) is 0 Å². The van der Waals surface area contributed by atoms with E-state index >= 15 is 0 Å². The molecule has 0 spiro atoms. The Kier molecular flexibility index (Phi) is 1.70. The van der Waals surface area contributed by atoms with Crippen molar-refractivity contribution in [2.45, 2.75) is 6.92 Å². The summed E-state index contributed by atoms with van der Waals surface area (Å²) in [4.78, 5) is 8.00. The summed E-state index contributed by atoms with van der Waals surface area (Å²) in [6, 6.07) is 0. The quantitative estimate of drug-likeness (QED) is 0.534. The van der Waals surface area contributed by atoms with Crippen LogP contribution in [0.2, 0.25) is 0 Å². The molecule has 0 amide bonds. The minimum atomic E-state index is 0.183. The number of allylic oxidation sites excluding steroid dienone is 1. The van der Waals surface area contributed by atoms with Gasteiger partial charge in [0.2, 0.25) is 5.95 Å². The fourth-order valence-electron chi connectivity index (χ4n) is 1.45. The van der Waals surface area contributed by atoms with Crippen LogP contribution in [-0.2, 0) is 0 Å². The van der Waals surface area contributed by atoms with Gasteiger partial charge in [0.05, 0.1) is 5.56 Å². The first-order valence-corrected chi connectivity index (χ1v) is 4.19. The molecule has 0 aromatic carbocycles. The van der Waals surface area contributed by atoms with E-state index in [1.165, 1.54) is 0 Å². The van der Waals surface area contributed by atoms with Crippen LogP contribution in [0.3, 0.4) is 0 Å². The molecule has 0 bridgehead atoms. The number of fused-ring (bicyclic) bond motifs is 1. The molecule has 1 aromatic rings. The number of aromatic nitrogens is 2. The minimum Gasteiger partial charge on any atom is -0.383 e. The zero-order valence-corrected chi connectivity index (χ0v) is 8.07. The molecule has 1 aliphatic rings. The van der Waals surface area contributed by atoms with Crippen LogP contribution in [0.25, 0.3) is 6.08 Å². The number of anilines is 3. The molecule has 0 radical (unpaired) electrons. The van der Waals surface area contributed by atoms with Gasteiger partial charge in [0.1, 0.15) is 5.82 Å². The molecule has 2 rings (SSSR count). The van der Waals surface area contributed by atoms with Gasteiger partial charge in [-0.3, -0.25) is 5.01 Å². The third-order valence-electron chi connectivity index (χ3n) is 1.99. The molecule has 1 aromatic heterocycles. The molecule has 0 aliphatic carbocycles. The maximum Gasteiger partial charge on any atom is 0.224 e. The van der Waals surface area contributed by atoms with Gasteiger partial charge in [-0.2, -0.15) is 9.97 Å². The van der Waals surface area contributed by atoms with Gasteiger partial charge in [-0.1, -0.05) is 0 Å². The van der Waals surface area contributed by atoms with Crippen LogP contribution >= 0.6 is 0 Å². The van der Waals surface area contributed by atoms with E-state index in [-0.39, 0.29) is 5.95 Å². The lowest BCUT2D eigenvalue weighted by molar-refractivity contribution is 0.765. The van der Waals surface area contributed by atoms with Gasteiger partial charge in [-0.25, -0.2) is 0 Å². The third-order valence-corrected chi connectivity index (χ3v) is 1.99. The lowest BCUT2D eigenvalue weighted by Crippen LogP contribution is -2.36. The number of hydrogen-bond acceptors (Lipinski definition) is 6. The summed E-state index contributed by atoms with van der Waals surface area (Å²) in [7, 11) is 1.85. The van der Waals surface area contributed by atoms with Crippen LogP contribution in [0.4, 0.5) is 17.6 Å². The summed E-state index contributed by atoms with van der Waals surface area (Å²) >= 11 is 0. The summed E-state index contributed by atoms with van der Waals surface area (Å²) in [6.45, 7) is 1.94. The van der Waals surface area contributed by atoms with E-state index in [0.717, 1.165) is 11.3 Å². The van der Waals surface area contributed by atoms with Gasteiger partial charge in [0.15, 0.2) is 5.82 Å². The Morgan fingerprint density at radius 2 is 2.07 bits per heavy atom. The highest BCUT2D eigenvalue weighted by atomic mass is 15.5. The standard InChI is InChI=1S/C8H12N6/c1-4-3-5-6(9)11-8(10)12-7(5)14(2)13-4/h3,13H,1-2H3,(H4,9,10,11,12). The molecule has 0 unspecified atom stereocenters. The predicted molar refractivity (Wildman–Crippen MR) is 56.0 cm³/mol. The topological polar surface area (TPSA) is 93.1 Å². The van der Waals surface area contributed by atoms with Crippen molar-refractivity contribution < 1.29 is 0 Å². The van der Waals surface area contributed by atoms with E-state index in [0.29, 0.717) is 11.6 Å². The smallest absolute Gasteiger partial charge is 0.224 e. The molecular weight excluding hydrogens is 180 g/mol. The number of nitrogens with two attached hydrogens (primary N) is 2. The molecule has 6 nitrogen and oxygen atoms in total. The summed E-state index contributed by atoms with van der Waals surface area (Å²) in [5.41, 5.74) is 16.1. The van der Waals surface area contributed by atoms with Gasteiger partial charge in [-0.05, 0) is 13.0 Å². The van der Waals surface area contributed by atoms with Gasteiger partial charge in [-0.15, -0.1) is 0 Å². The fourth-order valence-corrected chi connectivity index (χ4v) is 1.45. The number of nitrogen functional groups attached to an aromatic ring is 2. The van der Waals surface area contributed by atoms with E-state index in [9.17, 15) is 0 Å². The highest BCUT2D eigenvalue weighted by Crippen LogP contribution is 2.27. The first-order chi connectivity index (χ1) is 6.58. The van der Waals surface area contributed by atoms with Gasteiger partial charge in [0.25, 0.3) is 0 Å². The number of nitrogens with one attached hydrogen (secondary N) is 1. The summed E-state index contributed by atoms with van der Waals surface area (Å²) < 4.78 is 0. The number of hydrogen-bond donors (Lipinski definition) is 3. The van der Waals surface area contributed by atoms with Crippen molar-refractivity contribution in [1.82, 2.24) is 15.4 Å². The lowest BCUT2D eigenvalue weighted by Gasteiger charge is -2.27. The van der Waals surface area contributed by atoms with Gasteiger partial charge in [0, 0.05) is 12.7 Å². The molecule has 0 atom stereocenters. The Morgan fingerprint density at radius 1 is 1.36 bits per heavy atom. The van der Waals surface area contributed by atoms with Crippen LogP contribution in [0.5, 0.6) is 0 Å². The molecular formula is C8H12N6. The predicted octanol–water partition coefficient (Wildman–Crippen LogP) is -0.0438. The zero-order chi connectivity index (χ0) is 10.3. The maximum atomic E-state index is 5.74. The normalized spacial score (nSPS) is 14.4. The van der Waals surface area contributed by atoms with E-state index < -0.39 is 0 Å². The number of hydrazine groups is 1. The van der Waals surface area contributed by atoms with Crippen molar-refractivity contribution in [2.24, 2.45) is 0 Å². The van der Waals surface area contributed by atoms with Crippen LogP contribution in [0, 0.1) is 0 Å². The monoisotopic (exact) mass is 192 g/mol. The molecule has 74 valence electrons. The second-order valence-corrected chi connectivity index (χ2v) is 3.20. The largest absolute Gasteiger partial charge is 0.383 e. The Morgan fingerprint density at radius 3 is 2.79 bits per heavy atom. The zero-order valence-electron chi connectivity index (χ0n) is 8.07. The van der Waals surface area contributed by atoms with E-state index in [1.54, 1.807) is 5.01 Å². The molecule has 14 heavy (non-hydrogen) atoms. The third kappa shape index (κ3) is 1.20. The van der Waals surface area contributed by atoms with Crippen molar-refractivity contribution in [2.75, 3.05) is 23.5 Å². The molecule has 0 fully saturated rings. The van der Waals surface area contributed by atoms with Crippen LogP contribution in [0.15, 0.2) is 5.70 Å². The van der Waals surface area contributed by atoms with E-state index in [1.807, 2.05) is 20.0 Å². The van der Waals surface area contributed by atoms with E-state index in [4.69, 9.17) is 11.5 Å². The average molecular weight is 192 g/mol. The average Bonchev–Trinajstić information content (AvgIpc) is 2.07. The maximum absolute atomic E-state index is 5.74. The number of rotatable bonds is 0. The Hall–Kier alpha value is -1.98. The Bertz CT molecular complexity index is 411. The SMILES string of the molecule is CC1=Cc2c(N)nc(N)nc2N(C)N1. The Labute approximate surface area is 81.6 Å². The van der Waals surface area contributed by atoms with Crippen LogP contribution < -0.4 is 21.9 Å². The highest BCUT2D eigenvalue weighted by molar-refractivity contribution is 5.76. The lowest BCUT2D eigenvalue weighted by atomic mass is 10.2. The van der Waals surface area contributed by atoms with Crippen molar-refractivity contribution in [3.63, 3.8) is 0 Å². The Balaban J connectivity index is 2.65. The molecule has 2 heterocycles. The van der Waals surface area contributed by atoms with Crippen LogP contribution in [0.1, 0.15) is 12.5 Å². The molecule has 0 saturated heterocycles. The molecule has 1 aliphatic heterocycles. The van der Waals surface area contributed by atoms with Crippen molar-refractivity contribution >= 4 is 23.7 Å². The fraction of sp³-hybridized carbons (Fsp3) is 0.250. The van der Waals surface area contributed by atoms with Crippen molar-refractivity contribution in [1.29, 1.82) is 0 Å². The van der Waals surface area contributed by atoms with E-state index in [2.05, 4.69) is 15.4 Å². The summed E-state index contributed by atoms with van der Waals surface area (Å²) in [6.07, 6.45) is 1.89.